The molecule has 0 unspecified atom stereocenters. The standard InChI is InChI=1S/C9H15N3/c10-4-1-5-12-7-9(6-11-12)8-2-3-8/h6-8H,1-5,10H2. The Morgan fingerprint density at radius 1 is 1.58 bits per heavy atom. The monoisotopic (exact) mass is 165 g/mol. The third kappa shape index (κ3) is 1.67. The molecule has 0 aromatic carbocycles. The first-order chi connectivity index (χ1) is 5.90. The van der Waals surface area contributed by atoms with Crippen molar-refractivity contribution in [2.75, 3.05) is 6.54 Å². The van der Waals surface area contributed by atoms with Crippen molar-refractivity contribution in [1.82, 2.24) is 9.78 Å². The Kier molecular flexibility index (Phi) is 2.13. The van der Waals surface area contributed by atoms with Crippen LogP contribution in [0.2, 0.25) is 0 Å². The summed E-state index contributed by atoms with van der Waals surface area (Å²) in [5, 5.41) is 4.28. The van der Waals surface area contributed by atoms with Gasteiger partial charge in [0.2, 0.25) is 0 Å². The van der Waals surface area contributed by atoms with E-state index in [0.29, 0.717) is 0 Å². The van der Waals surface area contributed by atoms with E-state index in [0.717, 1.165) is 25.4 Å². The Labute approximate surface area is 72.6 Å². The van der Waals surface area contributed by atoms with Gasteiger partial charge < -0.3 is 5.73 Å². The second-order valence-electron chi connectivity index (χ2n) is 3.45. The first-order valence-corrected chi connectivity index (χ1v) is 4.62. The number of hydrogen-bond acceptors (Lipinski definition) is 2. The van der Waals surface area contributed by atoms with Gasteiger partial charge in [-0.25, -0.2) is 0 Å². The van der Waals surface area contributed by atoms with Gasteiger partial charge in [0.15, 0.2) is 0 Å². The lowest BCUT2D eigenvalue weighted by Crippen LogP contribution is -2.05. The lowest BCUT2D eigenvalue weighted by molar-refractivity contribution is 0.584. The van der Waals surface area contributed by atoms with E-state index < -0.39 is 0 Å². The largest absolute Gasteiger partial charge is 0.330 e. The summed E-state index contributed by atoms with van der Waals surface area (Å²) in [6.07, 6.45) is 7.87. The van der Waals surface area contributed by atoms with Crippen molar-refractivity contribution in [2.45, 2.75) is 31.7 Å². The maximum Gasteiger partial charge on any atom is 0.0524 e. The fraction of sp³-hybridized carbons (Fsp3) is 0.667. The lowest BCUT2D eigenvalue weighted by atomic mass is 10.2. The molecule has 1 heterocycles. The van der Waals surface area contributed by atoms with Crippen molar-refractivity contribution in [3.63, 3.8) is 0 Å². The number of aryl methyl sites for hydroxylation is 1. The second-order valence-corrected chi connectivity index (χ2v) is 3.45. The number of hydrogen-bond donors (Lipinski definition) is 1. The van der Waals surface area contributed by atoms with Crippen LogP contribution in [0.1, 0.15) is 30.7 Å². The van der Waals surface area contributed by atoms with Crippen LogP contribution in [-0.2, 0) is 6.54 Å². The van der Waals surface area contributed by atoms with Gasteiger partial charge in [0.25, 0.3) is 0 Å². The molecular weight excluding hydrogens is 150 g/mol. The molecule has 2 rings (SSSR count). The zero-order valence-corrected chi connectivity index (χ0v) is 7.24. The van der Waals surface area contributed by atoms with Crippen molar-refractivity contribution in [3.8, 4) is 0 Å². The minimum Gasteiger partial charge on any atom is -0.330 e. The van der Waals surface area contributed by atoms with E-state index in [9.17, 15) is 0 Å². The van der Waals surface area contributed by atoms with Crippen LogP contribution < -0.4 is 5.73 Å². The summed E-state index contributed by atoms with van der Waals surface area (Å²) in [7, 11) is 0. The maximum absolute atomic E-state index is 5.41. The van der Waals surface area contributed by atoms with Gasteiger partial charge >= 0.3 is 0 Å². The lowest BCUT2D eigenvalue weighted by Gasteiger charge is -1.97. The summed E-state index contributed by atoms with van der Waals surface area (Å²) in [4.78, 5) is 0. The van der Waals surface area contributed by atoms with Crippen LogP contribution in [0, 0.1) is 0 Å². The van der Waals surface area contributed by atoms with Gasteiger partial charge in [-0.1, -0.05) is 0 Å². The predicted octanol–water partition coefficient (Wildman–Crippen LogP) is 1.11. The van der Waals surface area contributed by atoms with Gasteiger partial charge in [0, 0.05) is 12.7 Å². The third-order valence-electron chi connectivity index (χ3n) is 2.29. The zero-order chi connectivity index (χ0) is 8.39. The highest BCUT2D eigenvalue weighted by Gasteiger charge is 2.24. The topological polar surface area (TPSA) is 43.8 Å². The maximum atomic E-state index is 5.41. The van der Waals surface area contributed by atoms with Crippen molar-refractivity contribution in [3.05, 3.63) is 18.0 Å². The third-order valence-corrected chi connectivity index (χ3v) is 2.29. The van der Waals surface area contributed by atoms with E-state index >= 15 is 0 Å². The molecule has 66 valence electrons. The number of nitrogens with two attached hydrogens (primary N) is 1. The van der Waals surface area contributed by atoms with E-state index in [1.54, 1.807) is 0 Å². The van der Waals surface area contributed by atoms with Crippen molar-refractivity contribution in [1.29, 1.82) is 0 Å². The van der Waals surface area contributed by atoms with Crippen LogP contribution in [0.5, 0.6) is 0 Å². The van der Waals surface area contributed by atoms with E-state index in [2.05, 4.69) is 11.3 Å². The quantitative estimate of drug-likeness (QED) is 0.726. The van der Waals surface area contributed by atoms with Gasteiger partial charge in [0.05, 0.1) is 6.20 Å². The van der Waals surface area contributed by atoms with Gasteiger partial charge in [0.1, 0.15) is 0 Å². The molecule has 2 N–H and O–H groups in total. The Balaban J connectivity index is 1.93. The van der Waals surface area contributed by atoms with Gasteiger partial charge in [-0.2, -0.15) is 5.10 Å². The molecule has 1 aliphatic carbocycles. The number of nitrogens with zero attached hydrogens (tertiary/aromatic N) is 2. The van der Waals surface area contributed by atoms with E-state index in [-0.39, 0.29) is 0 Å². The van der Waals surface area contributed by atoms with E-state index in [4.69, 9.17) is 5.73 Å². The molecule has 0 saturated heterocycles. The molecule has 1 aromatic heterocycles. The normalized spacial score (nSPS) is 16.8. The molecule has 1 saturated carbocycles. The fourth-order valence-corrected chi connectivity index (χ4v) is 1.38. The van der Waals surface area contributed by atoms with Gasteiger partial charge in [-0.05, 0) is 37.3 Å². The fourth-order valence-electron chi connectivity index (χ4n) is 1.38. The summed E-state index contributed by atoms with van der Waals surface area (Å²) < 4.78 is 2.00. The van der Waals surface area contributed by atoms with Crippen molar-refractivity contribution in [2.24, 2.45) is 5.73 Å². The van der Waals surface area contributed by atoms with Crippen LogP contribution >= 0.6 is 0 Å². The molecule has 0 aliphatic heterocycles. The molecule has 0 spiro atoms. The van der Waals surface area contributed by atoms with Crippen LogP contribution in [0.15, 0.2) is 12.4 Å². The average molecular weight is 165 g/mol. The molecule has 1 aromatic rings. The van der Waals surface area contributed by atoms with Crippen LogP contribution in [-0.4, -0.2) is 16.3 Å². The summed E-state index contributed by atoms with van der Waals surface area (Å²) in [6.45, 7) is 1.71. The summed E-state index contributed by atoms with van der Waals surface area (Å²) in [5.41, 5.74) is 6.82. The first kappa shape index (κ1) is 7.80. The Morgan fingerprint density at radius 2 is 2.42 bits per heavy atom. The van der Waals surface area contributed by atoms with Gasteiger partial charge in [-0.15, -0.1) is 0 Å². The highest BCUT2D eigenvalue weighted by Crippen LogP contribution is 2.39. The molecule has 1 aliphatic rings. The number of rotatable bonds is 4. The SMILES string of the molecule is NCCCn1cc(C2CC2)cn1. The first-order valence-electron chi connectivity index (χ1n) is 4.62. The molecule has 3 heteroatoms. The summed E-state index contributed by atoms with van der Waals surface area (Å²) in [5.74, 6) is 0.816. The number of aromatic nitrogens is 2. The highest BCUT2D eigenvalue weighted by atomic mass is 15.3. The molecule has 3 nitrogen and oxygen atoms in total. The summed E-state index contributed by atoms with van der Waals surface area (Å²) >= 11 is 0. The molecule has 0 atom stereocenters. The zero-order valence-electron chi connectivity index (χ0n) is 7.24. The van der Waals surface area contributed by atoms with Crippen LogP contribution in [0.3, 0.4) is 0 Å². The molecule has 0 amide bonds. The summed E-state index contributed by atoms with van der Waals surface area (Å²) in [6, 6.07) is 0. The molecule has 0 bridgehead atoms. The van der Waals surface area contributed by atoms with E-state index in [1.165, 1.54) is 18.4 Å². The smallest absolute Gasteiger partial charge is 0.0524 e. The van der Waals surface area contributed by atoms with Crippen molar-refractivity contribution < 1.29 is 0 Å². The molecule has 0 radical (unpaired) electrons. The molecule has 1 fully saturated rings. The Morgan fingerprint density at radius 3 is 3.08 bits per heavy atom. The average Bonchev–Trinajstić information content (AvgIpc) is 2.83. The highest BCUT2D eigenvalue weighted by molar-refractivity contribution is 5.16. The van der Waals surface area contributed by atoms with Crippen LogP contribution in [0.25, 0.3) is 0 Å². The molecular formula is C9H15N3. The van der Waals surface area contributed by atoms with Gasteiger partial charge in [-0.3, -0.25) is 4.68 Å². The van der Waals surface area contributed by atoms with E-state index in [1.807, 2.05) is 10.9 Å². The minimum atomic E-state index is 0.749. The Bertz CT molecular complexity index is 250. The molecule has 12 heavy (non-hydrogen) atoms. The van der Waals surface area contributed by atoms with Crippen molar-refractivity contribution >= 4 is 0 Å². The minimum absolute atomic E-state index is 0.749. The van der Waals surface area contributed by atoms with Crippen LogP contribution in [0.4, 0.5) is 0 Å². The Hall–Kier alpha value is -0.830. The predicted molar refractivity (Wildman–Crippen MR) is 47.9 cm³/mol. The second kappa shape index (κ2) is 3.27.